The van der Waals surface area contributed by atoms with Crippen molar-refractivity contribution >= 4 is 0 Å². The summed E-state index contributed by atoms with van der Waals surface area (Å²) in [5.74, 6) is -1.65. The zero-order valence-corrected chi connectivity index (χ0v) is 12.0. The van der Waals surface area contributed by atoms with Gasteiger partial charge in [0.25, 0.3) is 0 Å². The van der Waals surface area contributed by atoms with E-state index in [1.807, 2.05) is 0 Å². The summed E-state index contributed by atoms with van der Waals surface area (Å²) in [4.78, 5) is 2.30. The Balaban J connectivity index is 2.64. The van der Waals surface area contributed by atoms with Crippen LogP contribution in [0.15, 0.2) is 18.2 Å². The van der Waals surface area contributed by atoms with Crippen molar-refractivity contribution in [3.8, 4) is 0 Å². The van der Waals surface area contributed by atoms with Gasteiger partial charge >= 0.3 is 0 Å². The molecule has 0 aromatic heterocycles. The highest BCUT2D eigenvalue weighted by molar-refractivity contribution is 5.22. The maximum atomic E-state index is 13.6. The van der Waals surface area contributed by atoms with Crippen molar-refractivity contribution in [1.82, 2.24) is 4.90 Å². The van der Waals surface area contributed by atoms with Crippen LogP contribution in [0.2, 0.25) is 0 Å². The number of halogens is 2. The molecule has 0 saturated carbocycles. The van der Waals surface area contributed by atoms with Gasteiger partial charge in [-0.2, -0.15) is 0 Å². The monoisotopic (exact) mass is 270 g/mol. The molecule has 0 aliphatic rings. The van der Waals surface area contributed by atoms with Gasteiger partial charge < -0.3 is 10.6 Å². The number of hydrogen-bond donors (Lipinski definition) is 1. The van der Waals surface area contributed by atoms with Crippen LogP contribution in [-0.4, -0.2) is 24.0 Å². The minimum absolute atomic E-state index is 0.264. The molecule has 0 spiro atoms. The molecule has 2 nitrogen and oxygen atoms in total. The Morgan fingerprint density at radius 1 is 1.26 bits per heavy atom. The summed E-state index contributed by atoms with van der Waals surface area (Å²) in [5.41, 5.74) is 6.24. The van der Waals surface area contributed by atoms with Crippen LogP contribution in [0, 0.1) is 11.6 Å². The van der Waals surface area contributed by atoms with Crippen LogP contribution in [0.1, 0.15) is 45.2 Å². The molecule has 2 N–H and O–H groups in total. The first-order chi connectivity index (χ1) is 9.01. The molecule has 0 aliphatic heterocycles. The lowest BCUT2D eigenvalue weighted by molar-refractivity contribution is 0.207. The molecule has 2 unspecified atom stereocenters. The first-order valence-corrected chi connectivity index (χ1v) is 6.94. The summed E-state index contributed by atoms with van der Waals surface area (Å²) < 4.78 is 26.8. The Morgan fingerprint density at radius 3 is 2.53 bits per heavy atom. The van der Waals surface area contributed by atoms with E-state index in [-0.39, 0.29) is 5.56 Å². The van der Waals surface area contributed by atoms with E-state index in [9.17, 15) is 8.78 Å². The van der Waals surface area contributed by atoms with Gasteiger partial charge in [0.1, 0.15) is 0 Å². The van der Waals surface area contributed by atoms with Crippen molar-refractivity contribution in [1.29, 1.82) is 0 Å². The summed E-state index contributed by atoms with van der Waals surface area (Å²) in [6.45, 7) is 8.13. The minimum Gasteiger partial charge on any atom is -0.324 e. The highest BCUT2D eigenvalue weighted by Crippen LogP contribution is 2.20. The molecule has 0 aliphatic carbocycles. The van der Waals surface area contributed by atoms with Gasteiger partial charge in [-0.3, -0.25) is 0 Å². The number of benzene rings is 1. The van der Waals surface area contributed by atoms with Gasteiger partial charge in [0.05, 0.1) is 0 Å². The lowest BCUT2D eigenvalue weighted by atomic mass is 10.0. The predicted molar refractivity (Wildman–Crippen MR) is 74.9 cm³/mol. The van der Waals surface area contributed by atoms with Gasteiger partial charge in [-0.25, -0.2) is 8.78 Å². The zero-order valence-electron chi connectivity index (χ0n) is 12.0. The number of rotatable bonds is 7. The van der Waals surface area contributed by atoms with Gasteiger partial charge in [-0.05, 0) is 32.4 Å². The fraction of sp³-hybridized carbons (Fsp3) is 0.600. The summed E-state index contributed by atoms with van der Waals surface area (Å²) in [6, 6.07) is 4.19. The fourth-order valence-corrected chi connectivity index (χ4v) is 2.22. The molecule has 108 valence electrons. The van der Waals surface area contributed by atoms with E-state index >= 15 is 0 Å². The highest BCUT2D eigenvalue weighted by atomic mass is 19.2. The van der Waals surface area contributed by atoms with Crippen molar-refractivity contribution in [2.45, 2.75) is 45.7 Å². The summed E-state index contributed by atoms with van der Waals surface area (Å²) in [6.07, 6.45) is 1.69. The average molecular weight is 270 g/mol. The first-order valence-electron chi connectivity index (χ1n) is 6.94. The molecule has 1 aromatic rings. The van der Waals surface area contributed by atoms with E-state index in [1.54, 1.807) is 6.07 Å². The van der Waals surface area contributed by atoms with Gasteiger partial charge in [0.15, 0.2) is 11.6 Å². The van der Waals surface area contributed by atoms with Crippen molar-refractivity contribution in [2.24, 2.45) is 5.73 Å². The lowest BCUT2D eigenvalue weighted by Crippen LogP contribution is -2.34. The van der Waals surface area contributed by atoms with Gasteiger partial charge in [0.2, 0.25) is 0 Å². The van der Waals surface area contributed by atoms with E-state index in [0.717, 1.165) is 25.6 Å². The van der Waals surface area contributed by atoms with Crippen molar-refractivity contribution in [3.05, 3.63) is 35.4 Å². The van der Waals surface area contributed by atoms with Gasteiger partial charge in [0, 0.05) is 24.2 Å². The molecular formula is C15H24F2N2. The van der Waals surface area contributed by atoms with Crippen LogP contribution in [0.25, 0.3) is 0 Å². The third kappa shape index (κ3) is 4.25. The lowest BCUT2D eigenvalue weighted by Gasteiger charge is -2.28. The molecule has 0 radical (unpaired) electrons. The fourth-order valence-electron chi connectivity index (χ4n) is 2.22. The van der Waals surface area contributed by atoms with E-state index in [2.05, 4.69) is 25.7 Å². The zero-order chi connectivity index (χ0) is 14.4. The second-order valence-corrected chi connectivity index (χ2v) is 4.92. The van der Waals surface area contributed by atoms with Crippen LogP contribution < -0.4 is 5.73 Å². The standard InChI is InChI=1S/C15H24F2N2/c1-4-11(3)19(5-2)10-9-14(18)12-7-6-8-13(16)15(12)17/h6-8,11,14H,4-5,9-10,18H2,1-3H3. The van der Waals surface area contributed by atoms with Crippen molar-refractivity contribution < 1.29 is 8.78 Å². The Labute approximate surface area is 114 Å². The normalized spacial score (nSPS) is 14.7. The second-order valence-electron chi connectivity index (χ2n) is 4.92. The van der Waals surface area contributed by atoms with Crippen LogP contribution in [-0.2, 0) is 0 Å². The SMILES string of the molecule is CCC(C)N(CC)CCC(N)c1cccc(F)c1F. The third-order valence-electron chi connectivity index (χ3n) is 3.73. The largest absolute Gasteiger partial charge is 0.324 e. The topological polar surface area (TPSA) is 29.3 Å². The number of nitrogens with zero attached hydrogens (tertiary/aromatic N) is 1. The van der Waals surface area contributed by atoms with E-state index in [4.69, 9.17) is 5.73 Å². The minimum atomic E-state index is -0.831. The van der Waals surface area contributed by atoms with E-state index in [1.165, 1.54) is 6.07 Å². The molecule has 0 amide bonds. The average Bonchev–Trinajstić information content (AvgIpc) is 2.41. The molecule has 0 heterocycles. The number of nitrogens with two attached hydrogens (primary N) is 1. The first kappa shape index (κ1) is 16.1. The maximum absolute atomic E-state index is 13.6. The smallest absolute Gasteiger partial charge is 0.163 e. The molecule has 0 fully saturated rings. The summed E-state index contributed by atoms with van der Waals surface area (Å²) in [7, 11) is 0. The van der Waals surface area contributed by atoms with Crippen molar-refractivity contribution in [2.75, 3.05) is 13.1 Å². The molecule has 0 saturated heterocycles. The summed E-state index contributed by atoms with van der Waals surface area (Å²) in [5, 5.41) is 0. The Morgan fingerprint density at radius 2 is 1.95 bits per heavy atom. The quantitative estimate of drug-likeness (QED) is 0.822. The highest BCUT2D eigenvalue weighted by Gasteiger charge is 2.17. The molecule has 0 bridgehead atoms. The molecular weight excluding hydrogens is 246 g/mol. The van der Waals surface area contributed by atoms with Gasteiger partial charge in [-0.15, -0.1) is 0 Å². The molecule has 2 atom stereocenters. The Kier molecular flexibility index (Phi) is 6.38. The Bertz CT molecular complexity index is 396. The van der Waals surface area contributed by atoms with Crippen LogP contribution >= 0.6 is 0 Å². The molecule has 1 rings (SSSR count). The Hall–Kier alpha value is -1.00. The molecule has 4 heteroatoms. The van der Waals surface area contributed by atoms with Crippen molar-refractivity contribution in [3.63, 3.8) is 0 Å². The number of hydrogen-bond acceptors (Lipinski definition) is 2. The third-order valence-corrected chi connectivity index (χ3v) is 3.73. The van der Waals surface area contributed by atoms with Crippen LogP contribution in [0.3, 0.4) is 0 Å². The van der Waals surface area contributed by atoms with E-state index in [0.29, 0.717) is 12.5 Å². The summed E-state index contributed by atoms with van der Waals surface area (Å²) >= 11 is 0. The molecule has 19 heavy (non-hydrogen) atoms. The maximum Gasteiger partial charge on any atom is 0.163 e. The second kappa shape index (κ2) is 7.56. The van der Waals surface area contributed by atoms with Crippen LogP contribution in [0.4, 0.5) is 8.78 Å². The van der Waals surface area contributed by atoms with Crippen LogP contribution in [0.5, 0.6) is 0 Å². The molecule has 1 aromatic carbocycles. The van der Waals surface area contributed by atoms with E-state index < -0.39 is 17.7 Å². The predicted octanol–water partition coefficient (Wildman–Crippen LogP) is 3.48. The van der Waals surface area contributed by atoms with Gasteiger partial charge in [-0.1, -0.05) is 26.0 Å².